The lowest BCUT2D eigenvalue weighted by Crippen LogP contribution is -2.45. The standard InChI is InChI=1S/C23H31N5O4/c1-15(2)12-18(23(31)32-13-16-6-4-3-5-7-16)28-22(30)20-19(25-14-26-20)21(29)27-17-8-10-24-11-9-17/h3-7,14-15,17-18,24H,8-13H2,1-2H3,(H,25,26)(H,27,29)(H,28,30). The van der Waals surface area contributed by atoms with Crippen LogP contribution in [0.25, 0.3) is 0 Å². The SMILES string of the molecule is CC(C)CC(NC(=O)c1nc[nH]c1C(=O)NC1CCNCC1)C(=O)OCc1ccccc1. The van der Waals surface area contributed by atoms with Gasteiger partial charge in [-0.2, -0.15) is 0 Å². The van der Waals surface area contributed by atoms with E-state index in [9.17, 15) is 14.4 Å². The molecule has 2 heterocycles. The second-order valence-corrected chi connectivity index (χ2v) is 8.37. The molecule has 0 spiro atoms. The maximum Gasteiger partial charge on any atom is 0.328 e. The van der Waals surface area contributed by atoms with Crippen LogP contribution in [0.3, 0.4) is 0 Å². The number of hydrogen-bond donors (Lipinski definition) is 4. The smallest absolute Gasteiger partial charge is 0.328 e. The fourth-order valence-electron chi connectivity index (χ4n) is 3.60. The third kappa shape index (κ3) is 6.65. The Morgan fingerprint density at radius 2 is 1.84 bits per heavy atom. The fourth-order valence-corrected chi connectivity index (χ4v) is 3.60. The molecule has 172 valence electrons. The predicted molar refractivity (Wildman–Crippen MR) is 119 cm³/mol. The molecule has 1 aliphatic rings. The Balaban J connectivity index is 1.63. The fraction of sp³-hybridized carbons (Fsp3) is 0.478. The number of ether oxygens (including phenoxy) is 1. The van der Waals surface area contributed by atoms with Crippen molar-refractivity contribution in [1.82, 2.24) is 25.9 Å². The Morgan fingerprint density at radius 3 is 2.53 bits per heavy atom. The van der Waals surface area contributed by atoms with E-state index in [2.05, 4.69) is 25.9 Å². The summed E-state index contributed by atoms with van der Waals surface area (Å²) in [5, 5.41) is 8.88. The van der Waals surface area contributed by atoms with Gasteiger partial charge in [-0.3, -0.25) is 9.59 Å². The zero-order valence-corrected chi connectivity index (χ0v) is 18.5. The largest absolute Gasteiger partial charge is 0.459 e. The molecule has 4 N–H and O–H groups in total. The number of aromatic nitrogens is 2. The summed E-state index contributed by atoms with van der Waals surface area (Å²) in [7, 11) is 0. The van der Waals surface area contributed by atoms with E-state index in [1.807, 2.05) is 44.2 Å². The van der Waals surface area contributed by atoms with E-state index in [0.29, 0.717) is 6.42 Å². The number of carbonyl (C=O) groups is 3. The van der Waals surface area contributed by atoms with Gasteiger partial charge in [-0.1, -0.05) is 44.2 Å². The van der Waals surface area contributed by atoms with Gasteiger partial charge in [-0.15, -0.1) is 0 Å². The van der Waals surface area contributed by atoms with Crippen LogP contribution in [-0.4, -0.2) is 52.9 Å². The highest BCUT2D eigenvalue weighted by atomic mass is 16.5. The Bertz CT molecular complexity index is 906. The zero-order valence-electron chi connectivity index (χ0n) is 18.5. The van der Waals surface area contributed by atoms with Crippen molar-refractivity contribution >= 4 is 17.8 Å². The third-order valence-corrected chi connectivity index (χ3v) is 5.28. The second kappa shape index (κ2) is 11.4. The van der Waals surface area contributed by atoms with Crippen molar-refractivity contribution in [3.05, 3.63) is 53.6 Å². The molecule has 1 aromatic heterocycles. The van der Waals surface area contributed by atoms with Crippen LogP contribution >= 0.6 is 0 Å². The summed E-state index contributed by atoms with van der Waals surface area (Å²) >= 11 is 0. The van der Waals surface area contributed by atoms with Crippen molar-refractivity contribution in [3.8, 4) is 0 Å². The zero-order chi connectivity index (χ0) is 22.9. The van der Waals surface area contributed by atoms with Gasteiger partial charge in [-0.25, -0.2) is 9.78 Å². The molecule has 2 amide bonds. The normalized spacial score (nSPS) is 15.2. The molecule has 0 radical (unpaired) electrons. The minimum Gasteiger partial charge on any atom is -0.459 e. The summed E-state index contributed by atoms with van der Waals surface area (Å²) in [4.78, 5) is 45.0. The molecule has 1 atom stereocenters. The van der Waals surface area contributed by atoms with Crippen LogP contribution in [0.2, 0.25) is 0 Å². The van der Waals surface area contributed by atoms with E-state index >= 15 is 0 Å². The number of esters is 1. The van der Waals surface area contributed by atoms with Crippen LogP contribution in [0.15, 0.2) is 36.7 Å². The molecule has 32 heavy (non-hydrogen) atoms. The summed E-state index contributed by atoms with van der Waals surface area (Å²) in [6.07, 6.45) is 3.36. The highest BCUT2D eigenvalue weighted by Gasteiger charge is 2.28. The number of piperidine rings is 1. The monoisotopic (exact) mass is 441 g/mol. The Hall–Kier alpha value is -3.20. The molecule has 1 aliphatic heterocycles. The van der Waals surface area contributed by atoms with Crippen molar-refractivity contribution in [1.29, 1.82) is 0 Å². The molecular weight excluding hydrogens is 410 g/mol. The minimum atomic E-state index is -0.844. The first-order valence-electron chi connectivity index (χ1n) is 11.0. The Morgan fingerprint density at radius 1 is 1.12 bits per heavy atom. The molecule has 1 aromatic carbocycles. The van der Waals surface area contributed by atoms with E-state index in [4.69, 9.17) is 4.74 Å². The first-order chi connectivity index (χ1) is 15.4. The second-order valence-electron chi connectivity index (χ2n) is 8.37. The predicted octanol–water partition coefficient (Wildman–Crippen LogP) is 1.78. The Kier molecular flexibility index (Phi) is 8.38. The summed E-state index contributed by atoms with van der Waals surface area (Å²) < 4.78 is 5.42. The van der Waals surface area contributed by atoms with Crippen LogP contribution in [0.1, 0.15) is 59.7 Å². The van der Waals surface area contributed by atoms with Gasteiger partial charge in [0.1, 0.15) is 18.3 Å². The van der Waals surface area contributed by atoms with Gasteiger partial charge < -0.3 is 25.7 Å². The van der Waals surface area contributed by atoms with E-state index in [1.54, 1.807) is 0 Å². The third-order valence-electron chi connectivity index (χ3n) is 5.28. The quantitative estimate of drug-likeness (QED) is 0.440. The van der Waals surface area contributed by atoms with Crippen LogP contribution in [0.4, 0.5) is 0 Å². The van der Waals surface area contributed by atoms with Crippen LogP contribution in [0, 0.1) is 5.92 Å². The molecule has 3 rings (SSSR count). The number of carbonyl (C=O) groups excluding carboxylic acids is 3. The number of nitrogens with one attached hydrogen (secondary N) is 4. The molecule has 0 aliphatic carbocycles. The maximum atomic E-state index is 12.9. The number of aromatic amines is 1. The van der Waals surface area contributed by atoms with Gasteiger partial charge in [0, 0.05) is 6.04 Å². The average molecular weight is 442 g/mol. The van der Waals surface area contributed by atoms with Crippen LogP contribution in [-0.2, 0) is 16.1 Å². The molecule has 1 unspecified atom stereocenters. The number of rotatable bonds is 9. The number of hydrogen-bond acceptors (Lipinski definition) is 6. The first kappa shape index (κ1) is 23.5. The van der Waals surface area contributed by atoms with Crippen LogP contribution in [0.5, 0.6) is 0 Å². The molecule has 0 saturated carbocycles. The maximum absolute atomic E-state index is 12.9. The van der Waals surface area contributed by atoms with Gasteiger partial charge in [0.15, 0.2) is 5.69 Å². The molecule has 2 aromatic rings. The summed E-state index contributed by atoms with van der Waals surface area (Å²) in [5.41, 5.74) is 0.905. The average Bonchev–Trinajstić information content (AvgIpc) is 3.28. The molecule has 0 bridgehead atoms. The molecule has 9 nitrogen and oxygen atoms in total. The van der Waals surface area contributed by atoms with Gasteiger partial charge in [-0.05, 0) is 43.8 Å². The summed E-state index contributed by atoms with van der Waals surface area (Å²) in [5.74, 6) is -1.35. The summed E-state index contributed by atoms with van der Waals surface area (Å²) in [6, 6.07) is 8.54. The Labute approximate surface area is 187 Å². The lowest BCUT2D eigenvalue weighted by molar-refractivity contribution is -0.147. The van der Waals surface area contributed by atoms with Crippen molar-refractivity contribution < 1.29 is 19.1 Å². The van der Waals surface area contributed by atoms with E-state index in [-0.39, 0.29) is 35.9 Å². The van der Waals surface area contributed by atoms with Gasteiger partial charge in [0.05, 0.1) is 6.33 Å². The molecule has 1 fully saturated rings. The highest BCUT2D eigenvalue weighted by molar-refractivity contribution is 6.05. The van der Waals surface area contributed by atoms with Gasteiger partial charge in [0.2, 0.25) is 0 Å². The molecule has 9 heteroatoms. The lowest BCUT2D eigenvalue weighted by atomic mass is 10.0. The molecule has 1 saturated heterocycles. The number of imidazole rings is 1. The van der Waals surface area contributed by atoms with Crippen molar-refractivity contribution in [2.45, 2.75) is 51.8 Å². The number of H-pyrrole nitrogens is 1. The van der Waals surface area contributed by atoms with E-state index in [0.717, 1.165) is 31.5 Å². The first-order valence-corrected chi connectivity index (χ1v) is 11.0. The number of benzene rings is 1. The topological polar surface area (TPSA) is 125 Å². The van der Waals surface area contributed by atoms with Crippen molar-refractivity contribution in [3.63, 3.8) is 0 Å². The number of amides is 2. The highest BCUT2D eigenvalue weighted by Crippen LogP contribution is 2.12. The van der Waals surface area contributed by atoms with Crippen molar-refractivity contribution in [2.24, 2.45) is 5.92 Å². The van der Waals surface area contributed by atoms with Gasteiger partial charge >= 0.3 is 5.97 Å². The lowest BCUT2D eigenvalue weighted by Gasteiger charge is -2.23. The summed E-state index contributed by atoms with van der Waals surface area (Å²) in [6.45, 7) is 5.70. The minimum absolute atomic E-state index is 0.0407. The van der Waals surface area contributed by atoms with Gasteiger partial charge in [0.25, 0.3) is 11.8 Å². The number of nitrogens with zero attached hydrogens (tertiary/aromatic N) is 1. The molecular formula is C23H31N5O4. The van der Waals surface area contributed by atoms with Crippen molar-refractivity contribution in [2.75, 3.05) is 13.1 Å². The van der Waals surface area contributed by atoms with Crippen LogP contribution < -0.4 is 16.0 Å². The van der Waals surface area contributed by atoms with E-state index < -0.39 is 17.9 Å². The van der Waals surface area contributed by atoms with E-state index in [1.165, 1.54) is 6.33 Å².